The van der Waals surface area contributed by atoms with Gasteiger partial charge in [0, 0.05) is 13.1 Å². The summed E-state index contributed by atoms with van der Waals surface area (Å²) >= 11 is 1.41. The molecule has 0 bridgehead atoms. The molecule has 0 aliphatic carbocycles. The zero-order valence-electron chi connectivity index (χ0n) is 8.02. The third kappa shape index (κ3) is 1.78. The van der Waals surface area contributed by atoms with E-state index in [0.717, 1.165) is 10.6 Å². The number of carbonyl (C=O) groups is 1. The molecule has 0 unspecified atom stereocenters. The molecule has 0 saturated carbocycles. The van der Waals surface area contributed by atoms with Crippen molar-refractivity contribution in [2.75, 3.05) is 26.3 Å². The monoisotopic (exact) mass is 212 g/mol. The van der Waals surface area contributed by atoms with Crippen molar-refractivity contribution in [1.82, 2.24) is 9.88 Å². The Morgan fingerprint density at radius 1 is 1.57 bits per heavy atom. The van der Waals surface area contributed by atoms with Crippen molar-refractivity contribution >= 4 is 17.2 Å². The van der Waals surface area contributed by atoms with E-state index in [9.17, 15) is 4.79 Å². The zero-order valence-corrected chi connectivity index (χ0v) is 8.84. The van der Waals surface area contributed by atoms with Gasteiger partial charge < -0.3 is 9.64 Å². The Balaban J connectivity index is 2.11. The molecule has 1 aromatic rings. The normalized spacial score (nSPS) is 17.1. The fourth-order valence-electron chi connectivity index (χ4n) is 1.42. The van der Waals surface area contributed by atoms with Crippen molar-refractivity contribution in [3.63, 3.8) is 0 Å². The molecule has 76 valence electrons. The molecule has 1 fully saturated rings. The third-order valence-electron chi connectivity index (χ3n) is 2.24. The number of rotatable bonds is 1. The first-order valence-electron chi connectivity index (χ1n) is 4.56. The minimum Gasteiger partial charge on any atom is -0.378 e. The van der Waals surface area contributed by atoms with Crippen LogP contribution in [-0.2, 0) is 4.74 Å². The lowest BCUT2D eigenvalue weighted by Crippen LogP contribution is -2.40. The molecular weight excluding hydrogens is 200 g/mol. The number of aryl methyl sites for hydroxylation is 1. The molecule has 2 rings (SSSR count). The number of hydrogen-bond acceptors (Lipinski definition) is 4. The number of morpholine rings is 1. The van der Waals surface area contributed by atoms with Crippen molar-refractivity contribution in [3.8, 4) is 0 Å². The largest absolute Gasteiger partial charge is 0.378 e. The highest BCUT2D eigenvalue weighted by Gasteiger charge is 2.21. The van der Waals surface area contributed by atoms with Crippen LogP contribution in [0.2, 0.25) is 0 Å². The van der Waals surface area contributed by atoms with Crippen LogP contribution in [-0.4, -0.2) is 42.1 Å². The molecule has 0 aromatic carbocycles. The summed E-state index contributed by atoms with van der Waals surface area (Å²) in [7, 11) is 0. The zero-order chi connectivity index (χ0) is 9.97. The summed E-state index contributed by atoms with van der Waals surface area (Å²) in [5, 5.41) is 0. The van der Waals surface area contributed by atoms with Crippen molar-refractivity contribution in [2.24, 2.45) is 0 Å². The van der Waals surface area contributed by atoms with Crippen molar-refractivity contribution < 1.29 is 9.53 Å². The smallest absolute Gasteiger partial charge is 0.266 e. The van der Waals surface area contributed by atoms with Crippen LogP contribution < -0.4 is 0 Å². The number of nitrogens with zero attached hydrogens (tertiary/aromatic N) is 2. The summed E-state index contributed by atoms with van der Waals surface area (Å²) in [6.45, 7) is 4.53. The number of thiazole rings is 1. The van der Waals surface area contributed by atoms with Gasteiger partial charge in [0.1, 0.15) is 4.88 Å². The Bertz CT molecular complexity index is 331. The lowest BCUT2D eigenvalue weighted by atomic mass is 10.3. The quantitative estimate of drug-likeness (QED) is 0.695. The fraction of sp³-hybridized carbons (Fsp3) is 0.556. The number of amides is 1. The molecule has 2 heterocycles. The fourth-order valence-corrected chi connectivity index (χ4v) is 2.19. The summed E-state index contributed by atoms with van der Waals surface area (Å²) in [5.74, 6) is 0.0910. The standard InChI is InChI=1S/C9H12N2O2S/c1-7-8(14-6-10-7)9(12)11-2-4-13-5-3-11/h6H,2-5H2,1H3. The van der Waals surface area contributed by atoms with Crippen LogP contribution in [0, 0.1) is 6.92 Å². The van der Waals surface area contributed by atoms with E-state index in [-0.39, 0.29) is 5.91 Å². The number of carbonyl (C=O) groups excluding carboxylic acids is 1. The van der Waals surface area contributed by atoms with Gasteiger partial charge in [0.2, 0.25) is 0 Å². The van der Waals surface area contributed by atoms with Gasteiger partial charge in [-0.3, -0.25) is 4.79 Å². The van der Waals surface area contributed by atoms with Crippen LogP contribution >= 0.6 is 11.3 Å². The first-order chi connectivity index (χ1) is 6.79. The average Bonchev–Trinajstić information content (AvgIpc) is 2.65. The molecule has 0 radical (unpaired) electrons. The summed E-state index contributed by atoms with van der Waals surface area (Å²) < 4.78 is 5.19. The topological polar surface area (TPSA) is 42.4 Å². The van der Waals surface area contributed by atoms with Gasteiger partial charge in [-0.05, 0) is 6.92 Å². The van der Waals surface area contributed by atoms with Crippen molar-refractivity contribution in [2.45, 2.75) is 6.92 Å². The van der Waals surface area contributed by atoms with Gasteiger partial charge in [-0.1, -0.05) is 0 Å². The molecule has 5 heteroatoms. The highest BCUT2D eigenvalue weighted by molar-refractivity contribution is 7.11. The second-order valence-electron chi connectivity index (χ2n) is 3.17. The molecule has 0 N–H and O–H groups in total. The molecule has 1 aromatic heterocycles. The molecule has 14 heavy (non-hydrogen) atoms. The number of hydrogen-bond donors (Lipinski definition) is 0. The minimum atomic E-state index is 0.0910. The predicted octanol–water partition coefficient (Wildman–Crippen LogP) is 0.924. The van der Waals surface area contributed by atoms with E-state index in [1.54, 1.807) is 5.51 Å². The number of ether oxygens (including phenoxy) is 1. The summed E-state index contributed by atoms with van der Waals surface area (Å²) in [5.41, 5.74) is 2.54. The van der Waals surface area contributed by atoms with Crippen LogP contribution in [0.15, 0.2) is 5.51 Å². The summed E-state index contributed by atoms with van der Waals surface area (Å²) in [6, 6.07) is 0. The Labute approximate surface area is 86.5 Å². The molecule has 1 aliphatic heterocycles. The van der Waals surface area contributed by atoms with Gasteiger partial charge in [-0.2, -0.15) is 0 Å². The molecule has 0 spiro atoms. The van der Waals surface area contributed by atoms with Crippen molar-refractivity contribution in [3.05, 3.63) is 16.1 Å². The SMILES string of the molecule is Cc1ncsc1C(=O)N1CCOCC1. The third-order valence-corrected chi connectivity index (χ3v) is 3.15. The van der Waals surface area contributed by atoms with E-state index in [2.05, 4.69) is 4.98 Å². The van der Waals surface area contributed by atoms with Gasteiger partial charge in [0.15, 0.2) is 0 Å². The van der Waals surface area contributed by atoms with Crippen LogP contribution in [0.4, 0.5) is 0 Å². The second kappa shape index (κ2) is 4.06. The Kier molecular flexibility index (Phi) is 2.79. The first kappa shape index (κ1) is 9.61. The molecule has 1 amide bonds. The van der Waals surface area contributed by atoms with Gasteiger partial charge >= 0.3 is 0 Å². The minimum absolute atomic E-state index is 0.0910. The Morgan fingerprint density at radius 3 is 2.86 bits per heavy atom. The van der Waals surface area contributed by atoms with E-state index in [0.29, 0.717) is 26.3 Å². The number of aromatic nitrogens is 1. The summed E-state index contributed by atoms with van der Waals surface area (Å²) in [6.07, 6.45) is 0. The van der Waals surface area contributed by atoms with Gasteiger partial charge in [-0.25, -0.2) is 4.98 Å². The highest BCUT2D eigenvalue weighted by Crippen LogP contribution is 2.15. The predicted molar refractivity (Wildman–Crippen MR) is 53.6 cm³/mol. The second-order valence-corrected chi connectivity index (χ2v) is 4.03. The van der Waals surface area contributed by atoms with E-state index in [1.165, 1.54) is 11.3 Å². The summed E-state index contributed by atoms with van der Waals surface area (Å²) in [4.78, 5) is 18.6. The van der Waals surface area contributed by atoms with Crippen LogP contribution in [0.3, 0.4) is 0 Å². The van der Waals surface area contributed by atoms with E-state index in [4.69, 9.17) is 4.74 Å². The maximum Gasteiger partial charge on any atom is 0.266 e. The molecule has 1 saturated heterocycles. The molecule has 0 atom stereocenters. The maximum absolute atomic E-state index is 11.9. The highest BCUT2D eigenvalue weighted by atomic mass is 32.1. The van der Waals surface area contributed by atoms with E-state index in [1.807, 2.05) is 11.8 Å². The van der Waals surface area contributed by atoms with Gasteiger partial charge in [0.05, 0.1) is 24.4 Å². The van der Waals surface area contributed by atoms with Crippen molar-refractivity contribution in [1.29, 1.82) is 0 Å². The van der Waals surface area contributed by atoms with Crippen LogP contribution in [0.1, 0.15) is 15.4 Å². The van der Waals surface area contributed by atoms with E-state index < -0.39 is 0 Å². The van der Waals surface area contributed by atoms with Crippen LogP contribution in [0.5, 0.6) is 0 Å². The first-order valence-corrected chi connectivity index (χ1v) is 5.44. The van der Waals surface area contributed by atoms with Crippen LogP contribution in [0.25, 0.3) is 0 Å². The van der Waals surface area contributed by atoms with Gasteiger partial charge in [-0.15, -0.1) is 11.3 Å². The lowest BCUT2D eigenvalue weighted by molar-refractivity contribution is 0.0305. The Morgan fingerprint density at radius 2 is 2.29 bits per heavy atom. The molecular formula is C9H12N2O2S. The average molecular weight is 212 g/mol. The molecule has 1 aliphatic rings. The Hall–Kier alpha value is -0.940. The maximum atomic E-state index is 11.9. The lowest BCUT2D eigenvalue weighted by Gasteiger charge is -2.26. The van der Waals surface area contributed by atoms with E-state index >= 15 is 0 Å². The molecule has 4 nitrogen and oxygen atoms in total. The van der Waals surface area contributed by atoms with Gasteiger partial charge in [0.25, 0.3) is 5.91 Å².